The van der Waals surface area contributed by atoms with Gasteiger partial charge in [0.25, 0.3) is 0 Å². The molecule has 80 valence electrons. The van der Waals surface area contributed by atoms with Crippen LogP contribution in [0, 0.1) is 33.8 Å². The molecule has 0 fully saturated rings. The van der Waals surface area contributed by atoms with Crippen molar-refractivity contribution in [3.8, 4) is 6.07 Å². The van der Waals surface area contributed by atoms with E-state index in [0.717, 1.165) is 0 Å². The Bertz CT molecular complexity index is 428. The highest BCUT2D eigenvalue weighted by Gasteiger charge is 2.23. The van der Waals surface area contributed by atoms with Crippen molar-refractivity contribution >= 4 is 5.69 Å². The molecule has 0 aromatic carbocycles. The Labute approximate surface area is 87.3 Å². The van der Waals surface area contributed by atoms with Crippen molar-refractivity contribution in [2.45, 2.75) is 27.3 Å². The minimum atomic E-state index is -0.579. The van der Waals surface area contributed by atoms with Crippen molar-refractivity contribution in [2.75, 3.05) is 0 Å². The first-order chi connectivity index (χ1) is 6.87. The Balaban J connectivity index is 2.99. The van der Waals surface area contributed by atoms with Gasteiger partial charge in [-0.15, -0.1) is 0 Å². The second-order valence-electron chi connectivity index (χ2n) is 4.03. The summed E-state index contributed by atoms with van der Waals surface area (Å²) in [6.45, 7) is 5.50. The summed E-state index contributed by atoms with van der Waals surface area (Å²) in [7, 11) is 0. The van der Waals surface area contributed by atoms with E-state index >= 15 is 0 Å². The first-order valence-corrected chi connectivity index (χ1v) is 4.45. The Kier molecular flexibility index (Phi) is 2.75. The molecule has 0 aliphatic carbocycles. The molecule has 0 aliphatic heterocycles. The van der Waals surface area contributed by atoms with Crippen molar-refractivity contribution in [1.82, 2.24) is 9.78 Å². The molecule has 1 heterocycles. The summed E-state index contributed by atoms with van der Waals surface area (Å²) in [5.41, 5.74) is -0.114. The van der Waals surface area contributed by atoms with Gasteiger partial charge in [0.1, 0.15) is 11.9 Å². The monoisotopic (exact) mass is 208 g/mol. The fraction of sp³-hybridized carbons (Fsp3) is 0.556. The van der Waals surface area contributed by atoms with Crippen LogP contribution in [-0.2, 0) is 6.54 Å². The van der Waals surface area contributed by atoms with E-state index < -0.39 is 10.3 Å². The van der Waals surface area contributed by atoms with Crippen LogP contribution in [0.25, 0.3) is 0 Å². The summed E-state index contributed by atoms with van der Waals surface area (Å²) < 4.78 is 1.49. The van der Waals surface area contributed by atoms with E-state index in [9.17, 15) is 10.1 Å². The van der Waals surface area contributed by atoms with E-state index in [-0.39, 0.29) is 5.69 Å². The molecule has 15 heavy (non-hydrogen) atoms. The Hall–Kier alpha value is -1.90. The van der Waals surface area contributed by atoms with E-state index in [1.54, 1.807) is 20.8 Å². The van der Waals surface area contributed by atoms with Crippen LogP contribution < -0.4 is 0 Å². The van der Waals surface area contributed by atoms with Gasteiger partial charge < -0.3 is 0 Å². The second kappa shape index (κ2) is 3.69. The maximum atomic E-state index is 10.6. The standard InChI is InChI=1S/C9H12N4O2/c1-7-8(13(14)15)4-11-12(7)6-9(2,3)5-10/h4H,6H2,1-3H3. The summed E-state index contributed by atoms with van der Waals surface area (Å²) in [5.74, 6) is 0. The lowest BCUT2D eigenvalue weighted by molar-refractivity contribution is -0.385. The molecule has 0 unspecified atom stereocenters. The van der Waals surface area contributed by atoms with Gasteiger partial charge >= 0.3 is 5.69 Å². The fourth-order valence-corrected chi connectivity index (χ4v) is 1.19. The molecule has 0 amide bonds. The summed E-state index contributed by atoms with van der Waals surface area (Å²) in [6.07, 6.45) is 1.21. The van der Waals surface area contributed by atoms with Crippen LogP contribution in [0.15, 0.2) is 6.20 Å². The highest BCUT2D eigenvalue weighted by molar-refractivity contribution is 5.31. The van der Waals surface area contributed by atoms with E-state index in [1.165, 1.54) is 10.9 Å². The van der Waals surface area contributed by atoms with Gasteiger partial charge in [0.05, 0.1) is 23.0 Å². The molecule has 0 saturated carbocycles. The quantitative estimate of drug-likeness (QED) is 0.558. The molecule has 0 radical (unpaired) electrons. The summed E-state index contributed by atoms with van der Waals surface area (Å²) in [6, 6.07) is 2.12. The van der Waals surface area contributed by atoms with Gasteiger partial charge in [-0.3, -0.25) is 14.8 Å². The predicted octanol–water partition coefficient (Wildman–Crippen LogP) is 1.65. The molecular weight excluding hydrogens is 196 g/mol. The van der Waals surface area contributed by atoms with Gasteiger partial charge in [0.15, 0.2) is 0 Å². The first kappa shape index (κ1) is 11.2. The number of aromatic nitrogens is 2. The molecule has 0 aliphatic rings. The third-order valence-corrected chi connectivity index (χ3v) is 2.12. The topological polar surface area (TPSA) is 84.8 Å². The second-order valence-corrected chi connectivity index (χ2v) is 4.03. The molecule has 0 spiro atoms. The van der Waals surface area contributed by atoms with E-state index in [2.05, 4.69) is 11.2 Å². The van der Waals surface area contributed by atoms with Crippen LogP contribution >= 0.6 is 0 Å². The van der Waals surface area contributed by atoms with Crippen molar-refractivity contribution in [1.29, 1.82) is 5.26 Å². The van der Waals surface area contributed by atoms with Crippen LogP contribution in [0.1, 0.15) is 19.5 Å². The first-order valence-electron chi connectivity index (χ1n) is 4.45. The lowest BCUT2D eigenvalue weighted by atomic mass is 9.96. The lowest BCUT2D eigenvalue weighted by Crippen LogP contribution is -2.19. The lowest BCUT2D eigenvalue weighted by Gasteiger charge is -2.15. The highest BCUT2D eigenvalue weighted by atomic mass is 16.6. The average molecular weight is 208 g/mol. The smallest absolute Gasteiger partial charge is 0.261 e. The maximum Gasteiger partial charge on any atom is 0.309 e. The van der Waals surface area contributed by atoms with Crippen molar-refractivity contribution in [2.24, 2.45) is 5.41 Å². The SMILES string of the molecule is Cc1c([N+](=O)[O-])cnn1CC(C)(C)C#N. The van der Waals surface area contributed by atoms with E-state index in [4.69, 9.17) is 5.26 Å². The van der Waals surface area contributed by atoms with Gasteiger partial charge in [0.2, 0.25) is 0 Å². The van der Waals surface area contributed by atoms with Crippen LogP contribution in [-0.4, -0.2) is 14.7 Å². The van der Waals surface area contributed by atoms with E-state index in [1.807, 2.05) is 0 Å². The van der Waals surface area contributed by atoms with Gasteiger partial charge in [-0.2, -0.15) is 10.4 Å². The largest absolute Gasteiger partial charge is 0.309 e. The number of nitro groups is 1. The Morgan fingerprint density at radius 1 is 1.73 bits per heavy atom. The van der Waals surface area contributed by atoms with Crippen LogP contribution in [0.2, 0.25) is 0 Å². The molecule has 6 heteroatoms. The summed E-state index contributed by atoms with van der Waals surface area (Å²) in [5, 5.41) is 23.3. The molecule has 0 N–H and O–H groups in total. The van der Waals surface area contributed by atoms with Crippen molar-refractivity contribution in [3.05, 3.63) is 22.0 Å². The van der Waals surface area contributed by atoms with Crippen molar-refractivity contribution in [3.63, 3.8) is 0 Å². The molecule has 1 aromatic rings. The minimum absolute atomic E-state index is 0.0104. The summed E-state index contributed by atoms with van der Waals surface area (Å²) in [4.78, 5) is 10.1. The van der Waals surface area contributed by atoms with Crippen LogP contribution in [0.4, 0.5) is 5.69 Å². The number of hydrogen-bond donors (Lipinski definition) is 0. The molecule has 0 saturated heterocycles. The van der Waals surface area contributed by atoms with Crippen molar-refractivity contribution < 1.29 is 4.92 Å². The Morgan fingerprint density at radius 3 is 2.73 bits per heavy atom. The molecule has 1 aromatic heterocycles. The van der Waals surface area contributed by atoms with Gasteiger partial charge in [-0.05, 0) is 20.8 Å². The zero-order chi connectivity index (χ0) is 11.6. The molecule has 6 nitrogen and oxygen atoms in total. The fourth-order valence-electron chi connectivity index (χ4n) is 1.19. The van der Waals surface area contributed by atoms with Gasteiger partial charge in [-0.25, -0.2) is 0 Å². The van der Waals surface area contributed by atoms with Gasteiger partial charge in [-0.1, -0.05) is 0 Å². The molecular formula is C9H12N4O2. The third kappa shape index (κ3) is 2.31. The zero-order valence-electron chi connectivity index (χ0n) is 8.89. The summed E-state index contributed by atoms with van der Waals surface area (Å²) >= 11 is 0. The number of nitrogens with zero attached hydrogens (tertiary/aromatic N) is 4. The maximum absolute atomic E-state index is 10.6. The molecule has 0 bridgehead atoms. The predicted molar refractivity (Wildman–Crippen MR) is 53.0 cm³/mol. The number of nitriles is 1. The Morgan fingerprint density at radius 2 is 2.33 bits per heavy atom. The van der Waals surface area contributed by atoms with E-state index in [0.29, 0.717) is 12.2 Å². The minimum Gasteiger partial charge on any atom is -0.261 e. The third-order valence-electron chi connectivity index (χ3n) is 2.12. The van der Waals surface area contributed by atoms with Crippen LogP contribution in [0.5, 0.6) is 0 Å². The normalized spacial score (nSPS) is 11.1. The molecule has 0 atom stereocenters. The number of rotatable bonds is 3. The molecule has 1 rings (SSSR count). The van der Waals surface area contributed by atoms with Crippen LogP contribution in [0.3, 0.4) is 0 Å². The van der Waals surface area contributed by atoms with Gasteiger partial charge in [0, 0.05) is 0 Å². The zero-order valence-corrected chi connectivity index (χ0v) is 8.89. The average Bonchev–Trinajstić information content (AvgIpc) is 2.48. The highest BCUT2D eigenvalue weighted by Crippen LogP contribution is 2.21. The number of hydrogen-bond acceptors (Lipinski definition) is 4.